The van der Waals surface area contributed by atoms with Gasteiger partial charge in [0.05, 0.1) is 25.7 Å². The van der Waals surface area contributed by atoms with Gasteiger partial charge < -0.3 is 19.3 Å². The molecule has 0 saturated carbocycles. The van der Waals surface area contributed by atoms with Crippen molar-refractivity contribution in [3.05, 3.63) is 48.8 Å². The van der Waals surface area contributed by atoms with Crippen LogP contribution in [0.3, 0.4) is 0 Å². The van der Waals surface area contributed by atoms with E-state index in [0.717, 1.165) is 11.4 Å². The number of methoxy groups -OCH3 is 2. The normalized spacial score (nSPS) is 14.2. The standard InChI is InChI=1S/C21H25N7O5S/c1-32-17-5-3-16(4-6-17)26-9-11-27(12-10-26)21(29)14-23-34(30,31)18-7-8-19(20(13-18)33-2)28-15-22-24-25-28/h3-8,13,15,23H,9-12,14H2,1-2H3. The Balaban J connectivity index is 1.34. The van der Waals surface area contributed by atoms with Gasteiger partial charge in [-0.2, -0.15) is 4.68 Å². The second-order valence-corrected chi connectivity index (χ2v) is 9.25. The molecule has 1 saturated heterocycles. The number of aromatic nitrogens is 4. The number of carbonyl (C=O) groups is 1. The van der Waals surface area contributed by atoms with Crippen molar-refractivity contribution in [1.82, 2.24) is 29.8 Å². The van der Waals surface area contributed by atoms with Gasteiger partial charge in [-0.05, 0) is 46.8 Å². The number of piperazine rings is 1. The molecule has 0 atom stereocenters. The van der Waals surface area contributed by atoms with Crippen LogP contribution >= 0.6 is 0 Å². The zero-order chi connectivity index (χ0) is 24.1. The summed E-state index contributed by atoms with van der Waals surface area (Å²) in [7, 11) is -0.894. The molecular weight excluding hydrogens is 462 g/mol. The molecule has 2 aromatic carbocycles. The number of nitrogens with one attached hydrogen (secondary N) is 1. The molecule has 4 rings (SSSR count). The SMILES string of the molecule is COc1ccc(N2CCN(C(=O)CNS(=O)(=O)c3ccc(-n4cnnn4)c(OC)c3)CC2)cc1. The molecule has 1 aromatic heterocycles. The summed E-state index contributed by atoms with van der Waals surface area (Å²) in [5, 5.41) is 10.9. The minimum atomic E-state index is -3.93. The summed E-state index contributed by atoms with van der Waals surface area (Å²) in [4.78, 5) is 16.4. The fraction of sp³-hybridized carbons (Fsp3) is 0.333. The van der Waals surface area contributed by atoms with Crippen molar-refractivity contribution in [1.29, 1.82) is 0 Å². The number of hydrogen-bond donors (Lipinski definition) is 1. The summed E-state index contributed by atoms with van der Waals surface area (Å²) >= 11 is 0. The Morgan fingerprint density at radius 2 is 1.76 bits per heavy atom. The molecule has 0 unspecified atom stereocenters. The van der Waals surface area contributed by atoms with Crippen LogP contribution in [0.25, 0.3) is 5.69 Å². The lowest BCUT2D eigenvalue weighted by Gasteiger charge is -2.36. The lowest BCUT2D eigenvalue weighted by molar-refractivity contribution is -0.130. The molecule has 1 aliphatic rings. The van der Waals surface area contributed by atoms with E-state index in [1.165, 1.54) is 36.3 Å². The van der Waals surface area contributed by atoms with Crippen LogP contribution in [0.4, 0.5) is 5.69 Å². The molecule has 1 fully saturated rings. The third-order valence-electron chi connectivity index (χ3n) is 5.54. The smallest absolute Gasteiger partial charge is 0.241 e. The Morgan fingerprint density at radius 3 is 2.38 bits per heavy atom. The molecular formula is C21H25N7O5S. The maximum atomic E-state index is 12.8. The fourth-order valence-corrected chi connectivity index (χ4v) is 4.63. The maximum absolute atomic E-state index is 12.8. The Morgan fingerprint density at radius 1 is 1.03 bits per heavy atom. The zero-order valence-electron chi connectivity index (χ0n) is 18.8. The highest BCUT2D eigenvalue weighted by Gasteiger charge is 2.24. The van der Waals surface area contributed by atoms with Crippen LogP contribution in [0.1, 0.15) is 0 Å². The van der Waals surface area contributed by atoms with Gasteiger partial charge in [-0.15, -0.1) is 5.10 Å². The van der Waals surface area contributed by atoms with Crippen molar-refractivity contribution in [2.24, 2.45) is 0 Å². The predicted molar refractivity (Wildman–Crippen MR) is 123 cm³/mol. The lowest BCUT2D eigenvalue weighted by Crippen LogP contribution is -2.51. The first-order chi connectivity index (χ1) is 16.4. The van der Waals surface area contributed by atoms with Gasteiger partial charge in [0.2, 0.25) is 15.9 Å². The first kappa shape index (κ1) is 23.4. The van der Waals surface area contributed by atoms with Gasteiger partial charge >= 0.3 is 0 Å². The van der Waals surface area contributed by atoms with Crippen molar-refractivity contribution >= 4 is 21.6 Å². The predicted octanol–water partition coefficient (Wildman–Crippen LogP) is 0.307. The third-order valence-corrected chi connectivity index (χ3v) is 6.94. The Labute approximate surface area is 197 Å². The van der Waals surface area contributed by atoms with Crippen LogP contribution in [0.5, 0.6) is 11.5 Å². The highest BCUT2D eigenvalue weighted by atomic mass is 32.2. The third kappa shape index (κ3) is 5.10. The van der Waals surface area contributed by atoms with E-state index >= 15 is 0 Å². The molecule has 0 aliphatic carbocycles. The summed E-state index contributed by atoms with van der Waals surface area (Å²) in [5.74, 6) is 0.777. The van der Waals surface area contributed by atoms with E-state index in [0.29, 0.717) is 31.9 Å². The minimum absolute atomic E-state index is 0.0294. The Kier molecular flexibility index (Phi) is 6.93. The largest absolute Gasteiger partial charge is 0.497 e. The molecule has 13 heteroatoms. The summed E-state index contributed by atoms with van der Waals surface area (Å²) in [6.07, 6.45) is 1.37. The van der Waals surface area contributed by atoms with Crippen molar-refractivity contribution < 1.29 is 22.7 Å². The average Bonchev–Trinajstić information content (AvgIpc) is 3.42. The van der Waals surface area contributed by atoms with Crippen LogP contribution < -0.4 is 19.1 Å². The average molecular weight is 488 g/mol. The van der Waals surface area contributed by atoms with Gasteiger partial charge in [-0.25, -0.2) is 13.1 Å². The van der Waals surface area contributed by atoms with E-state index in [-0.39, 0.29) is 23.1 Å². The molecule has 0 spiro atoms. The first-order valence-electron chi connectivity index (χ1n) is 10.5. The maximum Gasteiger partial charge on any atom is 0.241 e. The number of hydrogen-bond acceptors (Lipinski definition) is 9. The van der Waals surface area contributed by atoms with E-state index in [1.54, 1.807) is 12.0 Å². The molecule has 3 aromatic rings. The van der Waals surface area contributed by atoms with Crippen molar-refractivity contribution in [3.8, 4) is 17.2 Å². The number of anilines is 1. The van der Waals surface area contributed by atoms with Crippen LogP contribution in [-0.2, 0) is 14.8 Å². The Bertz CT molecular complexity index is 1220. The van der Waals surface area contributed by atoms with E-state index in [1.807, 2.05) is 24.3 Å². The van der Waals surface area contributed by atoms with Crippen LogP contribution in [0.2, 0.25) is 0 Å². The number of nitrogens with zero attached hydrogens (tertiary/aromatic N) is 6. The Hall–Kier alpha value is -3.71. The van der Waals surface area contributed by atoms with Crippen LogP contribution in [0.15, 0.2) is 53.7 Å². The van der Waals surface area contributed by atoms with Gasteiger partial charge in [0.1, 0.15) is 23.5 Å². The second kappa shape index (κ2) is 10.1. The highest BCUT2D eigenvalue weighted by molar-refractivity contribution is 7.89. The topological polar surface area (TPSA) is 132 Å². The van der Waals surface area contributed by atoms with Gasteiger partial charge in [0.25, 0.3) is 0 Å². The number of benzene rings is 2. The second-order valence-electron chi connectivity index (χ2n) is 7.48. The van der Waals surface area contributed by atoms with Gasteiger partial charge in [-0.3, -0.25) is 4.79 Å². The molecule has 34 heavy (non-hydrogen) atoms. The monoisotopic (exact) mass is 487 g/mol. The molecule has 0 radical (unpaired) electrons. The van der Waals surface area contributed by atoms with Crippen molar-refractivity contribution in [2.45, 2.75) is 4.90 Å². The van der Waals surface area contributed by atoms with E-state index in [2.05, 4.69) is 25.1 Å². The van der Waals surface area contributed by atoms with Gasteiger partial charge in [0.15, 0.2) is 0 Å². The summed E-state index contributed by atoms with van der Waals surface area (Å²) < 4.78 is 39.8. The number of sulfonamides is 1. The number of amides is 1. The van der Waals surface area contributed by atoms with E-state index in [9.17, 15) is 13.2 Å². The van der Waals surface area contributed by atoms with Gasteiger partial charge in [0, 0.05) is 37.9 Å². The molecule has 1 aliphatic heterocycles. The van der Waals surface area contributed by atoms with E-state index in [4.69, 9.17) is 9.47 Å². The van der Waals surface area contributed by atoms with Crippen LogP contribution in [-0.4, -0.2) is 86.4 Å². The van der Waals surface area contributed by atoms with Crippen molar-refractivity contribution in [3.63, 3.8) is 0 Å². The number of tetrazole rings is 1. The number of ether oxygens (including phenoxy) is 2. The molecule has 12 nitrogen and oxygen atoms in total. The molecule has 0 bridgehead atoms. The summed E-state index contributed by atoms with van der Waals surface area (Å²) in [6, 6.07) is 12.0. The lowest BCUT2D eigenvalue weighted by atomic mass is 10.2. The van der Waals surface area contributed by atoms with Gasteiger partial charge in [-0.1, -0.05) is 0 Å². The number of rotatable bonds is 8. The minimum Gasteiger partial charge on any atom is -0.497 e. The first-order valence-corrected chi connectivity index (χ1v) is 12.0. The quantitative estimate of drug-likeness (QED) is 0.477. The summed E-state index contributed by atoms with van der Waals surface area (Å²) in [5.41, 5.74) is 1.53. The van der Waals surface area contributed by atoms with E-state index < -0.39 is 10.0 Å². The molecule has 1 amide bonds. The fourth-order valence-electron chi connectivity index (χ4n) is 3.65. The van der Waals surface area contributed by atoms with Crippen LogP contribution in [0, 0.1) is 0 Å². The number of carbonyl (C=O) groups excluding carboxylic acids is 1. The molecule has 2 heterocycles. The molecule has 1 N–H and O–H groups in total. The summed E-state index contributed by atoms with van der Waals surface area (Å²) in [6.45, 7) is 1.98. The molecule has 180 valence electrons. The zero-order valence-corrected chi connectivity index (χ0v) is 19.6. The highest BCUT2D eigenvalue weighted by Crippen LogP contribution is 2.25. The van der Waals surface area contributed by atoms with Crippen molar-refractivity contribution in [2.75, 3.05) is 51.8 Å².